The Morgan fingerprint density at radius 2 is 2.11 bits per heavy atom. The molecule has 0 fully saturated rings. The van der Waals surface area contributed by atoms with Gasteiger partial charge in [-0.1, -0.05) is 6.92 Å². The standard InChI is InChI=1S/C14H17N3O/c1-4-5-12-15-10-6-8-9(7-11(10)16-12)17-13(18)14(8,2)3/h6-7H,4-5H2,1-3H3,(H,15,16)(H,17,18). The Labute approximate surface area is 106 Å². The van der Waals surface area contributed by atoms with E-state index < -0.39 is 5.41 Å². The molecule has 2 aromatic rings. The number of carbonyl (C=O) groups excluding carboxylic acids is 1. The van der Waals surface area contributed by atoms with E-state index in [2.05, 4.69) is 22.2 Å². The summed E-state index contributed by atoms with van der Waals surface area (Å²) in [5.74, 6) is 1.07. The molecule has 2 N–H and O–H groups in total. The third-order valence-electron chi connectivity index (χ3n) is 3.65. The van der Waals surface area contributed by atoms with Crippen LogP contribution in [0, 0.1) is 0 Å². The minimum absolute atomic E-state index is 0.0546. The number of carbonyl (C=O) groups is 1. The topological polar surface area (TPSA) is 57.8 Å². The van der Waals surface area contributed by atoms with Gasteiger partial charge in [0, 0.05) is 12.1 Å². The third-order valence-corrected chi connectivity index (χ3v) is 3.65. The Balaban J connectivity index is 2.17. The molecule has 0 spiro atoms. The van der Waals surface area contributed by atoms with E-state index in [-0.39, 0.29) is 5.91 Å². The Morgan fingerprint density at radius 3 is 2.83 bits per heavy atom. The SMILES string of the molecule is CCCc1nc2cc3c(cc2[nH]1)NC(=O)C3(C)C. The molecule has 94 valence electrons. The van der Waals surface area contributed by atoms with Gasteiger partial charge in [0.05, 0.1) is 16.4 Å². The Bertz CT molecular complexity index is 640. The van der Waals surface area contributed by atoms with Gasteiger partial charge in [0.25, 0.3) is 0 Å². The Kier molecular flexibility index (Phi) is 2.24. The van der Waals surface area contributed by atoms with Gasteiger partial charge in [-0.15, -0.1) is 0 Å². The van der Waals surface area contributed by atoms with Gasteiger partial charge in [-0.2, -0.15) is 0 Å². The van der Waals surface area contributed by atoms with E-state index in [4.69, 9.17) is 0 Å². The Morgan fingerprint density at radius 1 is 1.33 bits per heavy atom. The van der Waals surface area contributed by atoms with E-state index in [1.165, 1.54) is 0 Å². The van der Waals surface area contributed by atoms with Crippen LogP contribution in [0.5, 0.6) is 0 Å². The van der Waals surface area contributed by atoms with Crippen molar-refractivity contribution < 1.29 is 4.79 Å². The van der Waals surface area contributed by atoms with Gasteiger partial charge in [-0.25, -0.2) is 4.98 Å². The van der Waals surface area contributed by atoms with E-state index in [0.717, 1.165) is 41.0 Å². The van der Waals surface area contributed by atoms with E-state index in [1.807, 2.05) is 26.0 Å². The first-order valence-corrected chi connectivity index (χ1v) is 6.37. The lowest BCUT2D eigenvalue weighted by Gasteiger charge is -2.14. The molecule has 4 nitrogen and oxygen atoms in total. The van der Waals surface area contributed by atoms with Gasteiger partial charge in [0.15, 0.2) is 0 Å². The molecule has 2 heterocycles. The molecule has 3 rings (SSSR count). The number of aryl methyl sites for hydroxylation is 1. The van der Waals surface area contributed by atoms with E-state index >= 15 is 0 Å². The van der Waals surface area contributed by atoms with E-state index in [1.54, 1.807) is 0 Å². The number of aromatic nitrogens is 2. The van der Waals surface area contributed by atoms with Crippen LogP contribution in [0.2, 0.25) is 0 Å². The molecular formula is C14H17N3O. The molecule has 18 heavy (non-hydrogen) atoms. The van der Waals surface area contributed by atoms with Crippen molar-refractivity contribution in [3.05, 3.63) is 23.5 Å². The summed E-state index contributed by atoms with van der Waals surface area (Å²) in [5, 5.41) is 2.93. The summed E-state index contributed by atoms with van der Waals surface area (Å²) in [6, 6.07) is 4.02. The van der Waals surface area contributed by atoms with Gasteiger partial charge in [0.2, 0.25) is 5.91 Å². The highest BCUT2D eigenvalue weighted by Crippen LogP contribution is 2.39. The van der Waals surface area contributed by atoms with Crippen LogP contribution < -0.4 is 5.32 Å². The normalized spacial score (nSPS) is 16.9. The number of fused-ring (bicyclic) bond motifs is 2. The van der Waals surface area contributed by atoms with Crippen molar-refractivity contribution in [2.75, 3.05) is 5.32 Å². The second-order valence-electron chi connectivity index (χ2n) is 5.43. The fourth-order valence-corrected chi connectivity index (χ4v) is 2.49. The van der Waals surface area contributed by atoms with Crippen LogP contribution in [0.3, 0.4) is 0 Å². The lowest BCUT2D eigenvalue weighted by molar-refractivity contribution is -0.119. The van der Waals surface area contributed by atoms with Crippen molar-refractivity contribution in [2.45, 2.75) is 39.0 Å². The van der Waals surface area contributed by atoms with Crippen LogP contribution >= 0.6 is 0 Å². The predicted molar refractivity (Wildman–Crippen MR) is 71.7 cm³/mol. The number of hydrogen-bond acceptors (Lipinski definition) is 2. The van der Waals surface area contributed by atoms with Crippen LogP contribution in [0.25, 0.3) is 11.0 Å². The van der Waals surface area contributed by atoms with Crippen LogP contribution in [0.15, 0.2) is 12.1 Å². The first-order valence-electron chi connectivity index (χ1n) is 6.37. The lowest BCUT2D eigenvalue weighted by Crippen LogP contribution is -2.26. The second kappa shape index (κ2) is 3.57. The molecule has 1 aliphatic rings. The Hall–Kier alpha value is -1.84. The molecule has 0 unspecified atom stereocenters. The van der Waals surface area contributed by atoms with Crippen molar-refractivity contribution in [1.82, 2.24) is 9.97 Å². The maximum atomic E-state index is 11.9. The maximum absolute atomic E-state index is 11.9. The predicted octanol–water partition coefficient (Wildman–Crippen LogP) is 2.75. The smallest absolute Gasteiger partial charge is 0.234 e. The molecule has 1 aromatic heterocycles. The number of rotatable bonds is 2. The average molecular weight is 243 g/mol. The van der Waals surface area contributed by atoms with Gasteiger partial charge in [0.1, 0.15) is 5.82 Å². The highest BCUT2D eigenvalue weighted by molar-refractivity contribution is 6.07. The van der Waals surface area contributed by atoms with Crippen LogP contribution in [-0.4, -0.2) is 15.9 Å². The summed E-state index contributed by atoms with van der Waals surface area (Å²) in [6.45, 7) is 6.02. The number of amides is 1. The van der Waals surface area contributed by atoms with Crippen LogP contribution in [0.1, 0.15) is 38.6 Å². The largest absolute Gasteiger partial charge is 0.342 e. The number of nitrogens with one attached hydrogen (secondary N) is 2. The molecule has 0 radical (unpaired) electrons. The van der Waals surface area contributed by atoms with Crippen LogP contribution in [0.4, 0.5) is 5.69 Å². The van der Waals surface area contributed by atoms with Crippen molar-refractivity contribution in [1.29, 1.82) is 0 Å². The summed E-state index contributed by atoms with van der Waals surface area (Å²) in [5.41, 5.74) is 3.42. The van der Waals surface area contributed by atoms with Crippen molar-refractivity contribution in [3.8, 4) is 0 Å². The highest BCUT2D eigenvalue weighted by atomic mass is 16.2. The number of H-pyrrole nitrogens is 1. The average Bonchev–Trinajstić information content (AvgIpc) is 2.77. The van der Waals surface area contributed by atoms with Gasteiger partial charge >= 0.3 is 0 Å². The fraction of sp³-hybridized carbons (Fsp3) is 0.429. The van der Waals surface area contributed by atoms with Gasteiger partial charge in [-0.05, 0) is 38.0 Å². The van der Waals surface area contributed by atoms with Crippen LogP contribution in [-0.2, 0) is 16.6 Å². The second-order valence-corrected chi connectivity index (χ2v) is 5.43. The van der Waals surface area contributed by atoms with Crippen molar-refractivity contribution in [3.63, 3.8) is 0 Å². The molecule has 0 saturated carbocycles. The summed E-state index contributed by atoms with van der Waals surface area (Å²) in [6.07, 6.45) is 2.02. The van der Waals surface area contributed by atoms with Gasteiger partial charge in [-0.3, -0.25) is 4.79 Å². The summed E-state index contributed by atoms with van der Waals surface area (Å²) in [4.78, 5) is 19.8. The number of nitrogens with zero attached hydrogens (tertiary/aromatic N) is 1. The summed E-state index contributed by atoms with van der Waals surface area (Å²) in [7, 11) is 0. The maximum Gasteiger partial charge on any atom is 0.234 e. The highest BCUT2D eigenvalue weighted by Gasteiger charge is 2.38. The molecule has 0 bridgehead atoms. The van der Waals surface area contributed by atoms with E-state index in [0.29, 0.717) is 0 Å². The molecule has 4 heteroatoms. The molecule has 1 aliphatic heterocycles. The lowest BCUT2D eigenvalue weighted by atomic mass is 9.86. The monoisotopic (exact) mass is 243 g/mol. The third kappa shape index (κ3) is 1.45. The number of hydrogen-bond donors (Lipinski definition) is 2. The van der Waals surface area contributed by atoms with E-state index in [9.17, 15) is 4.79 Å². The summed E-state index contributed by atoms with van der Waals surface area (Å²) >= 11 is 0. The molecular weight excluding hydrogens is 226 g/mol. The number of aromatic amines is 1. The summed E-state index contributed by atoms with van der Waals surface area (Å²) < 4.78 is 0. The minimum Gasteiger partial charge on any atom is -0.342 e. The number of anilines is 1. The molecule has 1 aromatic carbocycles. The first kappa shape index (κ1) is 11.3. The molecule has 0 saturated heterocycles. The van der Waals surface area contributed by atoms with Gasteiger partial charge < -0.3 is 10.3 Å². The number of imidazole rings is 1. The zero-order valence-electron chi connectivity index (χ0n) is 10.9. The van der Waals surface area contributed by atoms with Crippen molar-refractivity contribution in [2.24, 2.45) is 0 Å². The minimum atomic E-state index is -0.465. The zero-order chi connectivity index (χ0) is 12.9. The molecule has 0 aliphatic carbocycles. The van der Waals surface area contributed by atoms with Crippen molar-refractivity contribution >= 4 is 22.6 Å². The molecule has 0 atom stereocenters. The number of benzene rings is 1. The molecule has 1 amide bonds. The zero-order valence-corrected chi connectivity index (χ0v) is 10.9. The quantitative estimate of drug-likeness (QED) is 0.852. The first-order chi connectivity index (χ1) is 8.52. The fourth-order valence-electron chi connectivity index (χ4n) is 2.49.